The zero-order valence-corrected chi connectivity index (χ0v) is 24.1. The summed E-state index contributed by atoms with van der Waals surface area (Å²) in [5.74, 6) is -7.06. The van der Waals surface area contributed by atoms with Crippen LogP contribution in [0.3, 0.4) is 0 Å². The Labute approximate surface area is 250 Å². The van der Waals surface area contributed by atoms with Gasteiger partial charge >= 0.3 is 11.9 Å². The molecule has 0 saturated heterocycles. The van der Waals surface area contributed by atoms with E-state index in [0.29, 0.717) is 0 Å². The van der Waals surface area contributed by atoms with Crippen LogP contribution in [0.1, 0.15) is 35.8 Å². The van der Waals surface area contributed by atoms with E-state index in [2.05, 4.69) is 0 Å². The average Bonchev–Trinajstić information content (AvgIpc) is 3.71. The van der Waals surface area contributed by atoms with Gasteiger partial charge in [0.05, 0.1) is 52.4 Å². The molecule has 0 saturated carbocycles. The van der Waals surface area contributed by atoms with Crippen molar-refractivity contribution in [1.82, 2.24) is 0 Å². The number of methoxy groups -OCH3 is 4. The van der Waals surface area contributed by atoms with Crippen molar-refractivity contribution in [3.05, 3.63) is 58.1 Å². The third kappa shape index (κ3) is 5.18. The van der Waals surface area contributed by atoms with Gasteiger partial charge in [0.1, 0.15) is 0 Å². The van der Waals surface area contributed by atoms with Crippen LogP contribution in [0.5, 0.6) is 34.5 Å². The van der Waals surface area contributed by atoms with Crippen LogP contribution in [-0.2, 0) is 28.7 Å². The zero-order valence-electron chi connectivity index (χ0n) is 24.1. The fourth-order valence-corrected chi connectivity index (χ4v) is 5.34. The Bertz CT molecular complexity index is 1500. The van der Waals surface area contributed by atoms with E-state index in [1.54, 1.807) is 0 Å². The van der Waals surface area contributed by atoms with Crippen LogP contribution in [0, 0.1) is 0 Å². The lowest BCUT2D eigenvalue weighted by molar-refractivity contribution is -0.142. The highest BCUT2D eigenvalue weighted by Crippen LogP contribution is 2.49. The molecule has 2 N–H and O–H groups in total. The predicted octanol–water partition coefficient (Wildman–Crippen LogP) is 2.93. The Hall–Kier alpha value is -5.40. The zero-order chi connectivity index (χ0) is 31.7. The maximum atomic E-state index is 13.9. The van der Waals surface area contributed by atoms with Crippen molar-refractivity contribution in [2.75, 3.05) is 42.0 Å². The topological polar surface area (TPSA) is 183 Å². The van der Waals surface area contributed by atoms with Crippen molar-refractivity contribution in [2.45, 2.75) is 24.7 Å². The number of carbonyl (C=O) groups is 4. The highest BCUT2D eigenvalue weighted by Gasteiger charge is 2.44. The highest BCUT2D eigenvalue weighted by molar-refractivity contribution is 6.24. The van der Waals surface area contributed by atoms with Crippen LogP contribution >= 0.6 is 0 Å². The Morgan fingerprint density at radius 3 is 1.41 bits per heavy atom. The van der Waals surface area contributed by atoms with Gasteiger partial charge in [-0.1, -0.05) is 0 Å². The molecule has 44 heavy (non-hydrogen) atoms. The van der Waals surface area contributed by atoms with E-state index in [0.717, 1.165) is 14.2 Å². The molecule has 0 spiro atoms. The third-order valence-corrected chi connectivity index (χ3v) is 7.49. The summed E-state index contributed by atoms with van der Waals surface area (Å²) in [6.07, 6.45) is -1.02. The van der Waals surface area contributed by atoms with Crippen molar-refractivity contribution in [3.8, 4) is 34.5 Å². The van der Waals surface area contributed by atoms with Crippen molar-refractivity contribution in [3.63, 3.8) is 0 Å². The largest absolute Gasteiger partial charge is 0.504 e. The summed E-state index contributed by atoms with van der Waals surface area (Å²) in [6.45, 7) is -0.220. The second kappa shape index (κ2) is 12.1. The fourth-order valence-electron chi connectivity index (χ4n) is 5.34. The Morgan fingerprint density at radius 1 is 0.682 bits per heavy atom. The van der Waals surface area contributed by atoms with E-state index < -0.39 is 70.8 Å². The molecule has 1 aliphatic carbocycles. The number of allylic oxidation sites excluding steroid dienone is 2. The third-order valence-electron chi connectivity index (χ3n) is 7.49. The average molecular weight is 613 g/mol. The molecule has 3 aliphatic rings. The molecule has 2 aromatic rings. The van der Waals surface area contributed by atoms with E-state index in [1.807, 2.05) is 0 Å². The standard InChI is InChI=1S/C30H28O14/c1-37-17-5-13(7-19-29(17)43-11-41-19)15(9-21(31)39-3)23-25(33)27(35)24(28(36)26(23)34)16(10-22(32)40-4)14-6-18(38-2)30-20(8-14)42-12-44-30/h5-8,15-16,33,36H,9-12H2,1-4H3/t15-,16-/m0/s1. The predicted molar refractivity (Wildman–Crippen MR) is 146 cm³/mol. The van der Waals surface area contributed by atoms with Crippen molar-refractivity contribution in [1.29, 1.82) is 0 Å². The van der Waals surface area contributed by atoms with Crippen molar-refractivity contribution in [2.24, 2.45) is 0 Å². The molecule has 2 heterocycles. The minimum absolute atomic E-state index is 0.110. The first-order valence-electron chi connectivity index (χ1n) is 13.2. The number of Topliss-reactive ketones (excluding diaryl/α,β-unsaturated/α-hetero) is 2. The molecule has 0 radical (unpaired) electrons. The Balaban J connectivity index is 1.63. The molecule has 0 fully saturated rings. The van der Waals surface area contributed by atoms with Crippen LogP contribution in [0.4, 0.5) is 0 Å². The normalized spacial score (nSPS) is 16.5. The summed E-state index contributed by atoms with van der Waals surface area (Å²) in [6, 6.07) is 5.83. The van der Waals surface area contributed by atoms with Gasteiger partial charge < -0.3 is 48.1 Å². The van der Waals surface area contributed by atoms with Gasteiger partial charge in [-0.25, -0.2) is 0 Å². The molecule has 0 aromatic heterocycles. The first-order valence-corrected chi connectivity index (χ1v) is 13.2. The smallest absolute Gasteiger partial charge is 0.306 e. The number of hydrogen-bond acceptors (Lipinski definition) is 14. The fraction of sp³-hybridized carbons (Fsp3) is 0.333. The summed E-state index contributed by atoms with van der Waals surface area (Å²) < 4.78 is 42.1. The van der Waals surface area contributed by atoms with Crippen LogP contribution in [-0.4, -0.2) is 75.7 Å². The second-order valence-corrected chi connectivity index (χ2v) is 9.76. The lowest BCUT2D eigenvalue weighted by Crippen LogP contribution is -2.31. The van der Waals surface area contributed by atoms with Gasteiger partial charge in [-0.3, -0.25) is 19.2 Å². The monoisotopic (exact) mass is 612 g/mol. The first-order chi connectivity index (χ1) is 21.1. The molecule has 14 heteroatoms. The number of aliphatic hydroxyl groups excluding tert-OH is 2. The van der Waals surface area contributed by atoms with Crippen LogP contribution in [0.25, 0.3) is 0 Å². The van der Waals surface area contributed by atoms with Crippen LogP contribution in [0.15, 0.2) is 46.9 Å². The van der Waals surface area contributed by atoms with Crippen molar-refractivity contribution < 1.29 is 67.3 Å². The summed E-state index contributed by atoms with van der Waals surface area (Å²) in [4.78, 5) is 52.7. The van der Waals surface area contributed by atoms with Gasteiger partial charge in [-0.15, -0.1) is 0 Å². The van der Waals surface area contributed by atoms with E-state index in [1.165, 1.54) is 38.5 Å². The van der Waals surface area contributed by atoms with E-state index in [-0.39, 0.29) is 59.2 Å². The molecule has 2 aromatic carbocycles. The molecule has 0 bridgehead atoms. The van der Waals surface area contributed by atoms with Crippen molar-refractivity contribution >= 4 is 23.5 Å². The molecule has 0 amide bonds. The number of ether oxygens (including phenoxy) is 8. The summed E-state index contributed by atoms with van der Waals surface area (Å²) in [5.41, 5.74) is -0.686. The first kappa shape index (κ1) is 30.1. The van der Waals surface area contributed by atoms with Gasteiger partial charge in [0.25, 0.3) is 0 Å². The molecular formula is C30H28O14. The quantitative estimate of drug-likeness (QED) is 0.295. The number of rotatable bonds is 10. The maximum absolute atomic E-state index is 13.9. The number of fused-ring (bicyclic) bond motifs is 2. The number of esters is 2. The lowest BCUT2D eigenvalue weighted by Gasteiger charge is -2.28. The lowest BCUT2D eigenvalue weighted by atomic mass is 9.75. The minimum Gasteiger partial charge on any atom is -0.504 e. The highest BCUT2D eigenvalue weighted by atomic mass is 16.7. The number of ketones is 2. The second-order valence-electron chi connectivity index (χ2n) is 9.76. The molecule has 5 rings (SSSR count). The van der Waals surface area contributed by atoms with Gasteiger partial charge in [0, 0.05) is 11.8 Å². The Morgan fingerprint density at radius 2 is 1.07 bits per heavy atom. The minimum atomic E-state index is -1.30. The van der Waals surface area contributed by atoms with Gasteiger partial charge in [-0.2, -0.15) is 0 Å². The van der Waals surface area contributed by atoms with E-state index in [9.17, 15) is 29.4 Å². The number of carbonyl (C=O) groups excluding carboxylic acids is 4. The summed E-state index contributed by atoms with van der Waals surface area (Å²) >= 11 is 0. The summed E-state index contributed by atoms with van der Waals surface area (Å²) in [5, 5.41) is 22.6. The molecule has 0 unspecified atom stereocenters. The molecular weight excluding hydrogens is 584 g/mol. The van der Waals surface area contributed by atoms with Gasteiger partial charge in [-0.05, 0) is 35.4 Å². The Kier molecular flexibility index (Phi) is 8.25. The molecule has 2 atom stereocenters. The molecule has 232 valence electrons. The number of hydrogen-bond donors (Lipinski definition) is 2. The van der Waals surface area contributed by atoms with Gasteiger partial charge in [0.2, 0.25) is 36.7 Å². The van der Waals surface area contributed by atoms with Crippen LogP contribution in [0.2, 0.25) is 0 Å². The van der Waals surface area contributed by atoms with Gasteiger partial charge in [0.15, 0.2) is 34.5 Å². The molecule has 2 aliphatic heterocycles. The number of aliphatic hydroxyl groups is 2. The van der Waals surface area contributed by atoms with E-state index >= 15 is 0 Å². The summed E-state index contributed by atoms with van der Waals surface area (Å²) in [7, 11) is 5.01. The van der Waals surface area contributed by atoms with E-state index in [4.69, 9.17) is 37.9 Å². The van der Waals surface area contributed by atoms with Crippen LogP contribution < -0.4 is 28.4 Å². The number of benzene rings is 2. The molecule has 14 nitrogen and oxygen atoms in total. The SMILES string of the molecule is COC(=O)C[C@H](C1=C(O)C(=O)C([C@@H](CC(=O)OC)c2cc(OC)c3c(c2)OCO3)=C(O)C1=O)c1cc(OC)c2c(c1)OCO2. The maximum Gasteiger partial charge on any atom is 0.306 e.